The van der Waals surface area contributed by atoms with Crippen molar-refractivity contribution in [3.8, 4) is 0 Å². The highest BCUT2D eigenvalue weighted by atomic mass is 16.4. The van der Waals surface area contributed by atoms with Gasteiger partial charge in [0, 0.05) is 6.54 Å². The zero-order chi connectivity index (χ0) is 10.4. The molecule has 0 aromatic carbocycles. The van der Waals surface area contributed by atoms with E-state index in [-0.39, 0.29) is 0 Å². The molecule has 1 aromatic heterocycles. The number of oxazole rings is 1. The Hall–Kier alpha value is -0.990. The zero-order valence-corrected chi connectivity index (χ0v) is 9.34. The van der Waals surface area contributed by atoms with Gasteiger partial charge in [-0.05, 0) is 25.7 Å². The van der Waals surface area contributed by atoms with E-state index in [9.17, 15) is 0 Å². The molecule has 1 atom stereocenters. The van der Waals surface area contributed by atoms with Crippen LogP contribution in [0.1, 0.15) is 38.9 Å². The number of nitrogens with one attached hydrogen (secondary N) is 1. The molecule has 0 spiro atoms. The maximum absolute atomic E-state index is 5.29. The van der Waals surface area contributed by atoms with Crippen molar-refractivity contribution in [2.45, 2.75) is 40.0 Å². The minimum Gasteiger partial charge on any atom is -0.429 e. The molecule has 0 fully saturated rings. The van der Waals surface area contributed by atoms with Crippen LogP contribution in [0.15, 0.2) is 10.6 Å². The van der Waals surface area contributed by atoms with Crippen molar-refractivity contribution >= 4 is 6.01 Å². The Balaban J connectivity index is 2.10. The summed E-state index contributed by atoms with van der Waals surface area (Å²) in [6.45, 7) is 7.37. The number of hydrogen-bond donors (Lipinski definition) is 1. The molecular weight excluding hydrogens is 176 g/mol. The Kier molecular flexibility index (Phi) is 4.50. The standard InChI is InChI=1S/C11H20N2O/c1-4-9(2)6-5-7-12-11-13-8-10(3)14-11/h8-9H,4-7H2,1-3H3,(H,12,13). The molecule has 0 amide bonds. The SMILES string of the molecule is CCC(C)CCCNc1ncc(C)o1. The smallest absolute Gasteiger partial charge is 0.294 e. The molecule has 0 saturated carbocycles. The molecule has 80 valence electrons. The largest absolute Gasteiger partial charge is 0.429 e. The average Bonchev–Trinajstić information content (AvgIpc) is 2.58. The van der Waals surface area contributed by atoms with Gasteiger partial charge in [0.25, 0.3) is 6.01 Å². The molecule has 0 aliphatic heterocycles. The van der Waals surface area contributed by atoms with Crippen LogP contribution in [0, 0.1) is 12.8 Å². The van der Waals surface area contributed by atoms with Gasteiger partial charge in [-0.15, -0.1) is 0 Å². The fourth-order valence-corrected chi connectivity index (χ4v) is 1.29. The van der Waals surface area contributed by atoms with Crippen LogP contribution in [0.3, 0.4) is 0 Å². The van der Waals surface area contributed by atoms with Crippen LogP contribution >= 0.6 is 0 Å². The Labute approximate surface area is 85.9 Å². The van der Waals surface area contributed by atoms with Gasteiger partial charge >= 0.3 is 0 Å². The van der Waals surface area contributed by atoms with E-state index in [0.717, 1.165) is 18.2 Å². The molecule has 1 unspecified atom stereocenters. The molecule has 3 nitrogen and oxygen atoms in total. The van der Waals surface area contributed by atoms with Gasteiger partial charge in [0.05, 0.1) is 6.20 Å². The highest BCUT2D eigenvalue weighted by molar-refractivity contribution is 5.19. The molecule has 0 bridgehead atoms. The Morgan fingerprint density at radius 1 is 1.57 bits per heavy atom. The number of nitrogens with zero attached hydrogens (tertiary/aromatic N) is 1. The second-order valence-corrected chi connectivity index (χ2v) is 3.86. The lowest BCUT2D eigenvalue weighted by Gasteiger charge is -2.07. The topological polar surface area (TPSA) is 38.1 Å². The van der Waals surface area contributed by atoms with Crippen LogP contribution in [0.5, 0.6) is 0 Å². The number of anilines is 1. The summed E-state index contributed by atoms with van der Waals surface area (Å²) < 4.78 is 5.29. The van der Waals surface area contributed by atoms with Crippen LogP contribution in [0.25, 0.3) is 0 Å². The summed E-state index contributed by atoms with van der Waals surface area (Å²) in [5.41, 5.74) is 0. The first-order valence-electron chi connectivity index (χ1n) is 5.38. The Morgan fingerprint density at radius 3 is 2.93 bits per heavy atom. The van der Waals surface area contributed by atoms with Crippen molar-refractivity contribution < 1.29 is 4.42 Å². The fraction of sp³-hybridized carbons (Fsp3) is 0.727. The molecule has 0 radical (unpaired) electrons. The average molecular weight is 196 g/mol. The molecule has 1 aromatic rings. The van der Waals surface area contributed by atoms with Crippen molar-refractivity contribution in [1.82, 2.24) is 4.98 Å². The minimum atomic E-state index is 0.645. The number of rotatable bonds is 6. The van der Waals surface area contributed by atoms with Gasteiger partial charge < -0.3 is 9.73 Å². The Bertz CT molecular complexity index is 258. The van der Waals surface area contributed by atoms with Crippen LogP contribution in [-0.4, -0.2) is 11.5 Å². The molecular formula is C11H20N2O. The number of aromatic nitrogens is 1. The fourth-order valence-electron chi connectivity index (χ4n) is 1.29. The van der Waals surface area contributed by atoms with Crippen LogP contribution in [0.2, 0.25) is 0 Å². The summed E-state index contributed by atoms with van der Waals surface area (Å²) in [5, 5.41) is 3.17. The van der Waals surface area contributed by atoms with Crippen molar-refractivity contribution in [3.63, 3.8) is 0 Å². The van der Waals surface area contributed by atoms with E-state index < -0.39 is 0 Å². The monoisotopic (exact) mass is 196 g/mol. The van der Waals surface area contributed by atoms with E-state index in [2.05, 4.69) is 24.1 Å². The van der Waals surface area contributed by atoms with E-state index in [4.69, 9.17) is 4.42 Å². The van der Waals surface area contributed by atoms with E-state index >= 15 is 0 Å². The molecule has 1 N–H and O–H groups in total. The van der Waals surface area contributed by atoms with E-state index in [1.54, 1.807) is 6.20 Å². The molecule has 14 heavy (non-hydrogen) atoms. The highest BCUT2D eigenvalue weighted by Crippen LogP contribution is 2.10. The normalized spacial score (nSPS) is 12.8. The van der Waals surface area contributed by atoms with Crippen molar-refractivity contribution in [3.05, 3.63) is 12.0 Å². The lowest BCUT2D eigenvalue weighted by molar-refractivity contribution is 0.496. The quantitative estimate of drug-likeness (QED) is 0.710. The molecule has 1 heterocycles. The van der Waals surface area contributed by atoms with Gasteiger partial charge in [0.2, 0.25) is 0 Å². The van der Waals surface area contributed by atoms with Gasteiger partial charge in [-0.25, -0.2) is 4.98 Å². The molecule has 0 aliphatic carbocycles. The maximum Gasteiger partial charge on any atom is 0.294 e. The number of aryl methyl sites for hydroxylation is 1. The minimum absolute atomic E-state index is 0.645. The predicted octanol–water partition coefficient (Wildman–Crippen LogP) is 3.22. The zero-order valence-electron chi connectivity index (χ0n) is 9.34. The summed E-state index contributed by atoms with van der Waals surface area (Å²) in [7, 11) is 0. The summed E-state index contributed by atoms with van der Waals surface area (Å²) >= 11 is 0. The first-order valence-corrected chi connectivity index (χ1v) is 5.38. The van der Waals surface area contributed by atoms with Crippen LogP contribution in [0.4, 0.5) is 6.01 Å². The van der Waals surface area contributed by atoms with Crippen LogP contribution in [-0.2, 0) is 0 Å². The third kappa shape index (κ3) is 3.81. The first kappa shape index (κ1) is 11.1. The van der Waals surface area contributed by atoms with Gasteiger partial charge in [-0.3, -0.25) is 0 Å². The molecule has 0 aliphatic rings. The number of hydrogen-bond acceptors (Lipinski definition) is 3. The molecule has 3 heteroatoms. The Morgan fingerprint density at radius 2 is 2.36 bits per heavy atom. The maximum atomic E-state index is 5.29. The lowest BCUT2D eigenvalue weighted by atomic mass is 10.0. The molecule has 0 saturated heterocycles. The van der Waals surface area contributed by atoms with Gasteiger partial charge in [-0.1, -0.05) is 20.3 Å². The van der Waals surface area contributed by atoms with Crippen molar-refractivity contribution in [2.75, 3.05) is 11.9 Å². The third-order valence-electron chi connectivity index (χ3n) is 2.47. The third-order valence-corrected chi connectivity index (χ3v) is 2.47. The van der Waals surface area contributed by atoms with Gasteiger partial charge in [0.1, 0.15) is 5.76 Å². The highest BCUT2D eigenvalue weighted by Gasteiger charge is 2.00. The predicted molar refractivity (Wildman–Crippen MR) is 58.4 cm³/mol. The first-order chi connectivity index (χ1) is 6.72. The van der Waals surface area contributed by atoms with E-state index in [1.165, 1.54) is 19.3 Å². The second kappa shape index (κ2) is 5.68. The van der Waals surface area contributed by atoms with E-state index in [1.807, 2.05) is 6.92 Å². The summed E-state index contributed by atoms with van der Waals surface area (Å²) in [6, 6.07) is 0.645. The second-order valence-electron chi connectivity index (χ2n) is 3.86. The van der Waals surface area contributed by atoms with E-state index in [0.29, 0.717) is 6.01 Å². The van der Waals surface area contributed by atoms with Crippen molar-refractivity contribution in [2.24, 2.45) is 5.92 Å². The summed E-state index contributed by atoms with van der Waals surface area (Å²) in [5.74, 6) is 1.68. The summed E-state index contributed by atoms with van der Waals surface area (Å²) in [6.07, 6.45) is 5.44. The lowest BCUT2D eigenvalue weighted by Crippen LogP contribution is -2.03. The van der Waals surface area contributed by atoms with Gasteiger partial charge in [0.15, 0.2) is 0 Å². The van der Waals surface area contributed by atoms with Crippen LogP contribution < -0.4 is 5.32 Å². The van der Waals surface area contributed by atoms with Crippen molar-refractivity contribution in [1.29, 1.82) is 0 Å². The molecule has 1 rings (SSSR count). The summed E-state index contributed by atoms with van der Waals surface area (Å²) in [4.78, 5) is 4.07. The van der Waals surface area contributed by atoms with Gasteiger partial charge in [-0.2, -0.15) is 0 Å².